The average molecular weight is 271 g/mol. The molecule has 0 aromatic carbocycles. The van der Waals surface area contributed by atoms with Crippen molar-refractivity contribution in [2.45, 2.75) is 0 Å². The minimum absolute atomic E-state index is 0. The molecule has 10 heteroatoms. The topological polar surface area (TPSA) is 145 Å². The first-order valence-electron chi connectivity index (χ1n) is 4.83. The highest BCUT2D eigenvalue weighted by atomic mass is 32.3. The molecule has 1 heterocycles. The second kappa shape index (κ2) is 8.20. The standard InChI is InChI=1S/C7H15N3O2.H2O4S/c8-1-2-9-7(11)10-3-5-12-6-4-10;1-5(2,3)4/h1-6,8H2,(H,9,11);(H2,1,2,3,4). The predicted molar refractivity (Wildman–Crippen MR) is 58.3 cm³/mol. The van der Waals surface area contributed by atoms with Gasteiger partial charge in [-0.25, -0.2) is 13.2 Å². The number of nitrogens with zero attached hydrogens (tertiary/aromatic N) is 1. The van der Waals surface area contributed by atoms with E-state index in [-0.39, 0.29) is 7.46 Å². The second-order valence-corrected chi connectivity index (χ2v) is 3.90. The van der Waals surface area contributed by atoms with Crippen LogP contribution in [0.15, 0.2) is 0 Å². The minimum atomic E-state index is -4.92. The molecule has 9 nitrogen and oxygen atoms in total. The van der Waals surface area contributed by atoms with Crippen molar-refractivity contribution in [2.24, 2.45) is 5.73 Å². The predicted octanol–water partition coefficient (Wildman–Crippen LogP) is -1.90. The van der Waals surface area contributed by atoms with Crippen LogP contribution in [0.2, 0.25) is 0 Å². The first kappa shape index (κ1) is 16.1. The Kier molecular flexibility index (Phi) is 7.74. The molecule has 0 saturated carbocycles. The lowest BCUT2D eigenvalue weighted by atomic mass is 10.4. The van der Waals surface area contributed by atoms with Crippen molar-refractivity contribution in [3.63, 3.8) is 0 Å². The van der Waals surface area contributed by atoms with Crippen LogP contribution in [-0.4, -0.2) is 67.8 Å². The number of amides is 2. The van der Waals surface area contributed by atoms with E-state index in [0.717, 1.165) is 0 Å². The molecule has 1 fully saturated rings. The molecule has 1 aliphatic heterocycles. The van der Waals surface area contributed by atoms with Crippen LogP contribution in [0.5, 0.6) is 0 Å². The highest BCUT2D eigenvalue weighted by Crippen LogP contribution is 1.95. The Labute approximate surface area is 101 Å². The van der Waals surface area contributed by atoms with Crippen molar-refractivity contribution in [2.75, 3.05) is 39.4 Å². The van der Waals surface area contributed by atoms with E-state index in [2.05, 4.69) is 5.32 Å². The third-order valence-electron chi connectivity index (χ3n) is 1.72. The molecule has 102 valence electrons. The fourth-order valence-corrected chi connectivity index (χ4v) is 1.06. The normalized spacial score (nSPS) is 15.8. The highest BCUT2D eigenvalue weighted by molar-refractivity contribution is 7.79. The van der Waals surface area contributed by atoms with Gasteiger partial charge in [-0.05, 0) is 0 Å². The van der Waals surface area contributed by atoms with E-state index in [0.29, 0.717) is 39.4 Å². The zero-order valence-corrected chi connectivity index (χ0v) is 9.98. The van der Waals surface area contributed by atoms with Crippen LogP contribution in [0.25, 0.3) is 0 Å². The van der Waals surface area contributed by atoms with Crippen molar-refractivity contribution in [3.05, 3.63) is 0 Å². The van der Waals surface area contributed by atoms with E-state index < -0.39 is 10.4 Å². The number of nitrogens with one attached hydrogen (secondary N) is 1. The smallest absolute Gasteiger partial charge is 0.726 e. The molecule has 1 aliphatic rings. The molecular weight excluding hydrogens is 254 g/mol. The van der Waals surface area contributed by atoms with Gasteiger partial charge >= 0.3 is 7.46 Å². The maximum atomic E-state index is 11.3. The van der Waals surface area contributed by atoms with Crippen LogP contribution in [-0.2, 0) is 15.1 Å². The Morgan fingerprint density at radius 1 is 1.53 bits per heavy atom. The molecule has 0 aliphatic carbocycles. The quantitative estimate of drug-likeness (QED) is 0.393. The van der Waals surface area contributed by atoms with Crippen molar-refractivity contribution in [1.82, 2.24) is 10.2 Å². The molecule has 0 atom stereocenters. The minimum Gasteiger partial charge on any atom is -0.726 e. The molecule has 1 saturated heterocycles. The summed E-state index contributed by atoms with van der Waals surface area (Å²) in [6.45, 7) is 3.64. The fourth-order valence-electron chi connectivity index (χ4n) is 1.06. The molecule has 2 amide bonds. The van der Waals surface area contributed by atoms with E-state index in [9.17, 15) is 4.79 Å². The molecule has 0 bridgehead atoms. The summed E-state index contributed by atoms with van der Waals surface area (Å²) in [5, 5.41) is 2.71. The molecular formula is C7H17N3O6S. The summed E-state index contributed by atoms with van der Waals surface area (Å²) in [6, 6.07) is -0.0382. The molecule has 4 N–H and O–H groups in total. The molecule has 0 radical (unpaired) electrons. The summed E-state index contributed by atoms with van der Waals surface area (Å²) in [5.74, 6) is 0. The first-order chi connectivity index (χ1) is 7.84. The van der Waals surface area contributed by atoms with Gasteiger partial charge in [-0.2, -0.15) is 0 Å². The Balaban J connectivity index is 0. The van der Waals surface area contributed by atoms with E-state index >= 15 is 0 Å². The summed E-state index contributed by atoms with van der Waals surface area (Å²) in [7, 11) is -4.92. The third-order valence-corrected chi connectivity index (χ3v) is 1.72. The lowest BCUT2D eigenvalue weighted by Gasteiger charge is -2.26. The molecule has 0 aromatic rings. The van der Waals surface area contributed by atoms with Crippen LogP contribution in [0.1, 0.15) is 1.43 Å². The van der Waals surface area contributed by atoms with Gasteiger partial charge in [0, 0.05) is 26.2 Å². The van der Waals surface area contributed by atoms with Gasteiger partial charge in [-0.3, -0.25) is 4.55 Å². The number of carbonyl (C=O) groups excluding carboxylic acids is 1. The van der Waals surface area contributed by atoms with Gasteiger partial charge in [0.25, 0.3) is 0 Å². The van der Waals surface area contributed by atoms with Crippen molar-refractivity contribution >= 4 is 16.4 Å². The SMILES string of the molecule is NCCNC(=O)N1CCOCC1.O=S(=O)([O-])O.[H+]. The van der Waals surface area contributed by atoms with Crippen molar-refractivity contribution in [3.8, 4) is 0 Å². The summed E-state index contributed by atoms with van der Waals surface area (Å²) in [4.78, 5) is 13.0. The van der Waals surface area contributed by atoms with Gasteiger partial charge in [-0.1, -0.05) is 0 Å². The Morgan fingerprint density at radius 3 is 2.41 bits per heavy atom. The van der Waals surface area contributed by atoms with E-state index in [1.807, 2.05) is 0 Å². The first-order valence-corrected chi connectivity index (χ1v) is 6.20. The molecule has 0 aromatic heterocycles. The van der Waals surface area contributed by atoms with Crippen LogP contribution >= 0.6 is 0 Å². The third kappa shape index (κ3) is 11.3. The Hall–Kier alpha value is -0.940. The summed E-state index contributed by atoms with van der Waals surface area (Å²) < 4.78 is 37.9. The summed E-state index contributed by atoms with van der Waals surface area (Å²) >= 11 is 0. The number of ether oxygens (including phenoxy) is 1. The lowest BCUT2D eigenvalue weighted by molar-refractivity contribution is 0.0533. The lowest BCUT2D eigenvalue weighted by Crippen LogP contribution is -2.47. The number of hydrogen-bond donors (Lipinski definition) is 3. The van der Waals surface area contributed by atoms with Gasteiger partial charge in [0.05, 0.1) is 13.2 Å². The maximum absolute atomic E-state index is 11.3. The average Bonchev–Trinajstić information content (AvgIpc) is 2.25. The fraction of sp³-hybridized carbons (Fsp3) is 0.857. The number of carbonyl (C=O) groups is 1. The zero-order valence-electron chi connectivity index (χ0n) is 10.2. The number of nitrogens with two attached hydrogens (primary N) is 1. The van der Waals surface area contributed by atoms with Gasteiger partial charge in [0.15, 0.2) is 0 Å². The van der Waals surface area contributed by atoms with Crippen LogP contribution < -0.4 is 11.1 Å². The number of hydrogen-bond acceptors (Lipinski definition) is 6. The summed E-state index contributed by atoms with van der Waals surface area (Å²) in [5.41, 5.74) is 5.25. The van der Waals surface area contributed by atoms with Crippen LogP contribution in [0.4, 0.5) is 4.79 Å². The second-order valence-electron chi connectivity index (χ2n) is 3.05. The van der Waals surface area contributed by atoms with Crippen molar-refractivity contribution in [1.29, 1.82) is 0 Å². The van der Waals surface area contributed by atoms with Gasteiger partial charge in [-0.15, -0.1) is 0 Å². The monoisotopic (exact) mass is 271 g/mol. The van der Waals surface area contributed by atoms with Gasteiger partial charge in [0.2, 0.25) is 10.4 Å². The Morgan fingerprint density at radius 2 is 2.00 bits per heavy atom. The molecule has 1 rings (SSSR count). The van der Waals surface area contributed by atoms with Crippen LogP contribution in [0.3, 0.4) is 0 Å². The molecule has 17 heavy (non-hydrogen) atoms. The van der Waals surface area contributed by atoms with E-state index in [1.165, 1.54) is 0 Å². The number of rotatable bonds is 2. The van der Waals surface area contributed by atoms with E-state index in [1.54, 1.807) is 4.90 Å². The number of urea groups is 1. The van der Waals surface area contributed by atoms with Crippen molar-refractivity contribution < 1.29 is 28.5 Å². The van der Waals surface area contributed by atoms with E-state index in [4.69, 9.17) is 28.0 Å². The summed E-state index contributed by atoms with van der Waals surface area (Å²) in [6.07, 6.45) is 0. The molecule has 0 spiro atoms. The van der Waals surface area contributed by atoms with Crippen LogP contribution in [0, 0.1) is 0 Å². The van der Waals surface area contributed by atoms with Gasteiger partial charge < -0.3 is 25.2 Å². The van der Waals surface area contributed by atoms with Gasteiger partial charge in [0.1, 0.15) is 0 Å². The largest absolute Gasteiger partial charge is 1.00 e. The Bertz CT molecular complexity index is 311. The highest BCUT2D eigenvalue weighted by Gasteiger charge is 2.15. The number of morpholine rings is 1. The molecule has 0 unspecified atom stereocenters. The zero-order chi connectivity index (χ0) is 13.3. The maximum Gasteiger partial charge on any atom is 1.00 e.